The van der Waals surface area contributed by atoms with Crippen molar-refractivity contribution in [3.8, 4) is 11.5 Å². The highest BCUT2D eigenvalue weighted by molar-refractivity contribution is 7.91. The third-order valence-electron chi connectivity index (χ3n) is 3.63. The van der Waals surface area contributed by atoms with Crippen LogP contribution in [0.5, 0.6) is 0 Å². The van der Waals surface area contributed by atoms with Crippen LogP contribution in [0.3, 0.4) is 0 Å². The molecule has 0 amide bonds. The number of rotatable bonds is 6. The number of aryl methyl sites for hydroxylation is 1. The zero-order valence-corrected chi connectivity index (χ0v) is 16.0. The maximum atomic E-state index is 12.4. The van der Waals surface area contributed by atoms with Gasteiger partial charge in [0.2, 0.25) is 0 Å². The standard InChI is InChI=1S/C16H16ClN3O3S2/c1-11-3-5-12(6-4-11)16-18-14(19-23-16)9-10-20(2)25(21,22)15-8-7-13(17)24-15/h3-8H,9-10H2,1-2H3. The average molecular weight is 398 g/mol. The summed E-state index contributed by atoms with van der Waals surface area (Å²) in [6.45, 7) is 2.24. The van der Waals surface area contributed by atoms with Gasteiger partial charge in [0.05, 0.1) is 4.34 Å². The van der Waals surface area contributed by atoms with Crippen molar-refractivity contribution < 1.29 is 12.9 Å². The molecular weight excluding hydrogens is 382 g/mol. The minimum atomic E-state index is -3.56. The predicted molar refractivity (Wildman–Crippen MR) is 97.3 cm³/mol. The van der Waals surface area contributed by atoms with Crippen LogP contribution in [0.4, 0.5) is 0 Å². The van der Waals surface area contributed by atoms with Crippen LogP contribution in [0.1, 0.15) is 11.4 Å². The molecule has 9 heteroatoms. The highest BCUT2D eigenvalue weighted by Gasteiger charge is 2.23. The van der Waals surface area contributed by atoms with E-state index in [1.54, 1.807) is 6.07 Å². The van der Waals surface area contributed by atoms with Crippen molar-refractivity contribution in [3.63, 3.8) is 0 Å². The van der Waals surface area contributed by atoms with Crippen molar-refractivity contribution in [3.05, 3.63) is 52.1 Å². The Morgan fingerprint density at radius 3 is 2.56 bits per heavy atom. The first-order chi connectivity index (χ1) is 11.9. The van der Waals surface area contributed by atoms with Crippen LogP contribution in [0.25, 0.3) is 11.5 Å². The molecule has 0 spiro atoms. The Balaban J connectivity index is 1.66. The first kappa shape index (κ1) is 18.1. The Hall–Kier alpha value is -1.74. The van der Waals surface area contributed by atoms with Crippen LogP contribution >= 0.6 is 22.9 Å². The number of hydrogen-bond donors (Lipinski definition) is 0. The van der Waals surface area contributed by atoms with E-state index in [9.17, 15) is 8.42 Å². The summed E-state index contributed by atoms with van der Waals surface area (Å²) in [7, 11) is -2.04. The van der Waals surface area contributed by atoms with Gasteiger partial charge in [0.25, 0.3) is 15.9 Å². The van der Waals surface area contributed by atoms with E-state index in [4.69, 9.17) is 16.1 Å². The number of thiophene rings is 1. The van der Waals surface area contributed by atoms with Gasteiger partial charge in [-0.1, -0.05) is 34.5 Å². The van der Waals surface area contributed by atoms with Gasteiger partial charge < -0.3 is 4.52 Å². The van der Waals surface area contributed by atoms with Crippen LogP contribution in [0.2, 0.25) is 4.34 Å². The summed E-state index contributed by atoms with van der Waals surface area (Å²) in [5.74, 6) is 0.882. The van der Waals surface area contributed by atoms with Crippen molar-refractivity contribution in [2.75, 3.05) is 13.6 Å². The Kier molecular flexibility index (Phi) is 5.24. The number of benzene rings is 1. The highest BCUT2D eigenvalue weighted by Crippen LogP contribution is 2.27. The van der Waals surface area contributed by atoms with Crippen LogP contribution in [0, 0.1) is 6.92 Å². The molecule has 2 heterocycles. The van der Waals surface area contributed by atoms with E-state index in [1.165, 1.54) is 17.4 Å². The van der Waals surface area contributed by atoms with E-state index in [1.807, 2.05) is 31.2 Å². The molecule has 3 aromatic rings. The van der Waals surface area contributed by atoms with E-state index < -0.39 is 10.0 Å². The number of sulfonamides is 1. The summed E-state index contributed by atoms with van der Waals surface area (Å²) < 4.78 is 32.0. The fourth-order valence-electron chi connectivity index (χ4n) is 2.14. The molecule has 0 N–H and O–H groups in total. The Morgan fingerprint density at radius 2 is 1.92 bits per heavy atom. The first-order valence-electron chi connectivity index (χ1n) is 7.47. The van der Waals surface area contributed by atoms with Crippen LogP contribution in [-0.2, 0) is 16.4 Å². The van der Waals surface area contributed by atoms with E-state index in [0.29, 0.717) is 22.5 Å². The molecule has 25 heavy (non-hydrogen) atoms. The topological polar surface area (TPSA) is 76.3 Å². The Bertz CT molecular complexity index is 965. The van der Waals surface area contributed by atoms with Gasteiger partial charge in [-0.3, -0.25) is 0 Å². The fraction of sp³-hybridized carbons (Fsp3) is 0.250. The third kappa shape index (κ3) is 4.09. The monoisotopic (exact) mass is 397 g/mol. The van der Waals surface area contributed by atoms with Crippen molar-refractivity contribution in [1.82, 2.24) is 14.4 Å². The summed E-state index contributed by atoms with van der Waals surface area (Å²) >= 11 is 6.85. The zero-order valence-electron chi connectivity index (χ0n) is 13.6. The lowest BCUT2D eigenvalue weighted by atomic mass is 10.1. The lowest BCUT2D eigenvalue weighted by Gasteiger charge is -2.14. The molecule has 2 aromatic heterocycles. The lowest BCUT2D eigenvalue weighted by molar-refractivity contribution is 0.415. The SMILES string of the molecule is Cc1ccc(-c2nc(CCN(C)S(=O)(=O)c3ccc(Cl)s3)no2)cc1. The summed E-state index contributed by atoms with van der Waals surface area (Å²) in [6.07, 6.45) is 0.351. The van der Waals surface area contributed by atoms with Gasteiger partial charge in [0.1, 0.15) is 4.21 Å². The summed E-state index contributed by atoms with van der Waals surface area (Å²) in [6, 6.07) is 10.8. The second kappa shape index (κ2) is 7.25. The van der Waals surface area contributed by atoms with Gasteiger partial charge in [-0.2, -0.15) is 9.29 Å². The second-order valence-corrected chi connectivity index (χ2v) is 9.50. The largest absolute Gasteiger partial charge is 0.334 e. The zero-order chi connectivity index (χ0) is 18.0. The molecule has 0 saturated carbocycles. The molecule has 0 bridgehead atoms. The average Bonchev–Trinajstić information content (AvgIpc) is 3.22. The molecule has 0 fully saturated rings. The van der Waals surface area contributed by atoms with Crippen molar-refractivity contribution in [2.24, 2.45) is 0 Å². The first-order valence-corrected chi connectivity index (χ1v) is 10.1. The number of aromatic nitrogens is 2. The number of hydrogen-bond acceptors (Lipinski definition) is 6. The fourth-order valence-corrected chi connectivity index (χ4v) is 5.00. The molecule has 0 atom stereocenters. The van der Waals surface area contributed by atoms with Crippen molar-refractivity contribution in [2.45, 2.75) is 17.6 Å². The number of likely N-dealkylation sites (N-methyl/N-ethyl adjacent to an activating group) is 1. The van der Waals surface area contributed by atoms with E-state index in [0.717, 1.165) is 22.5 Å². The molecule has 0 aliphatic carbocycles. The molecule has 3 rings (SSSR count). The number of halogens is 1. The Labute approximate surface area is 155 Å². The van der Waals surface area contributed by atoms with E-state index in [2.05, 4.69) is 10.1 Å². The van der Waals surface area contributed by atoms with Crippen LogP contribution < -0.4 is 0 Å². The molecule has 0 unspecified atom stereocenters. The quantitative estimate of drug-likeness (QED) is 0.634. The van der Waals surface area contributed by atoms with Gasteiger partial charge in [0, 0.05) is 25.6 Å². The number of nitrogens with zero attached hydrogens (tertiary/aromatic N) is 3. The molecule has 0 aliphatic rings. The van der Waals surface area contributed by atoms with E-state index >= 15 is 0 Å². The molecule has 0 aliphatic heterocycles. The minimum absolute atomic E-state index is 0.216. The summed E-state index contributed by atoms with van der Waals surface area (Å²) in [5.41, 5.74) is 1.97. The van der Waals surface area contributed by atoms with E-state index in [-0.39, 0.29) is 10.8 Å². The minimum Gasteiger partial charge on any atom is -0.334 e. The maximum Gasteiger partial charge on any atom is 0.257 e. The molecule has 6 nitrogen and oxygen atoms in total. The molecule has 1 aromatic carbocycles. The maximum absolute atomic E-state index is 12.4. The van der Waals surface area contributed by atoms with Gasteiger partial charge in [-0.25, -0.2) is 8.42 Å². The normalized spacial score (nSPS) is 12.0. The highest BCUT2D eigenvalue weighted by atomic mass is 35.5. The van der Waals surface area contributed by atoms with Crippen molar-refractivity contribution >= 4 is 33.0 Å². The van der Waals surface area contributed by atoms with Gasteiger partial charge in [0.15, 0.2) is 5.82 Å². The lowest BCUT2D eigenvalue weighted by Crippen LogP contribution is -2.28. The smallest absolute Gasteiger partial charge is 0.257 e. The van der Waals surface area contributed by atoms with Crippen LogP contribution in [0.15, 0.2) is 45.1 Å². The summed E-state index contributed by atoms with van der Waals surface area (Å²) in [5, 5.41) is 3.92. The molecule has 0 saturated heterocycles. The molecule has 132 valence electrons. The third-order valence-corrected chi connectivity index (χ3v) is 7.19. The predicted octanol–water partition coefficient (Wildman–Crippen LogP) is 3.62. The van der Waals surface area contributed by atoms with Gasteiger partial charge >= 0.3 is 0 Å². The molecular formula is C16H16ClN3O3S2. The summed E-state index contributed by atoms with van der Waals surface area (Å²) in [4.78, 5) is 4.32. The van der Waals surface area contributed by atoms with Gasteiger partial charge in [-0.15, -0.1) is 11.3 Å². The Morgan fingerprint density at radius 1 is 1.20 bits per heavy atom. The van der Waals surface area contributed by atoms with Crippen molar-refractivity contribution in [1.29, 1.82) is 0 Å². The van der Waals surface area contributed by atoms with Crippen LogP contribution in [-0.4, -0.2) is 36.5 Å². The second-order valence-electron chi connectivity index (χ2n) is 5.52. The van der Waals surface area contributed by atoms with Gasteiger partial charge in [-0.05, 0) is 31.2 Å². The molecule has 0 radical (unpaired) electrons.